The van der Waals surface area contributed by atoms with Crippen molar-refractivity contribution in [3.8, 4) is 5.75 Å². The number of hydrogen-bond donors (Lipinski definition) is 1. The van der Waals surface area contributed by atoms with E-state index in [2.05, 4.69) is 58.3 Å². The van der Waals surface area contributed by atoms with Crippen LogP contribution >= 0.6 is 47.8 Å². The number of ether oxygens (including phenoxy) is 1. The highest BCUT2D eigenvalue weighted by Crippen LogP contribution is 2.35. The van der Waals surface area contributed by atoms with Gasteiger partial charge in [-0.15, -0.1) is 0 Å². The van der Waals surface area contributed by atoms with Crippen molar-refractivity contribution in [2.24, 2.45) is 5.10 Å². The van der Waals surface area contributed by atoms with Crippen LogP contribution in [-0.4, -0.2) is 12.1 Å². The highest BCUT2D eigenvalue weighted by molar-refractivity contribution is 9.11. The van der Waals surface area contributed by atoms with E-state index in [1.165, 1.54) is 0 Å². The zero-order valence-electron chi connectivity index (χ0n) is 14.5. The number of halogens is 3. The van der Waals surface area contributed by atoms with Crippen molar-refractivity contribution < 1.29 is 9.53 Å². The lowest BCUT2D eigenvalue weighted by atomic mass is 10.2. The van der Waals surface area contributed by atoms with Gasteiger partial charge in [0.05, 0.1) is 15.2 Å². The van der Waals surface area contributed by atoms with Gasteiger partial charge in [-0.2, -0.15) is 5.10 Å². The van der Waals surface area contributed by atoms with Crippen LogP contribution in [-0.2, 0) is 6.61 Å². The molecule has 0 aliphatic carbocycles. The molecule has 0 saturated carbocycles. The second-order valence-electron chi connectivity index (χ2n) is 5.80. The van der Waals surface area contributed by atoms with Crippen LogP contribution in [0.1, 0.15) is 21.5 Å². The molecule has 0 atom stereocenters. The van der Waals surface area contributed by atoms with Crippen LogP contribution in [0.25, 0.3) is 0 Å². The van der Waals surface area contributed by atoms with Crippen LogP contribution in [0.15, 0.2) is 85.2 Å². The molecule has 0 heterocycles. The first-order valence-electron chi connectivity index (χ1n) is 8.27. The molecule has 0 saturated heterocycles. The van der Waals surface area contributed by atoms with Crippen molar-refractivity contribution in [2.45, 2.75) is 6.61 Å². The Morgan fingerprint density at radius 2 is 1.68 bits per heavy atom. The number of nitrogens with one attached hydrogen (secondary N) is 1. The summed E-state index contributed by atoms with van der Waals surface area (Å²) in [6.45, 7) is 0.466. The lowest BCUT2D eigenvalue weighted by molar-refractivity contribution is 0.0955. The van der Waals surface area contributed by atoms with Gasteiger partial charge in [-0.3, -0.25) is 4.79 Å². The predicted molar refractivity (Wildman–Crippen MR) is 122 cm³/mol. The molecule has 3 aromatic rings. The van der Waals surface area contributed by atoms with E-state index < -0.39 is 0 Å². The molecule has 28 heavy (non-hydrogen) atoms. The minimum absolute atomic E-state index is 0.279. The Hall–Kier alpha value is -1.96. The molecule has 3 aromatic carbocycles. The van der Waals surface area contributed by atoms with E-state index in [0.29, 0.717) is 17.9 Å². The number of nitrogens with zero attached hydrogens (tertiary/aromatic N) is 1. The van der Waals surface area contributed by atoms with Crippen molar-refractivity contribution in [1.82, 2.24) is 5.43 Å². The number of benzene rings is 3. The summed E-state index contributed by atoms with van der Waals surface area (Å²) < 4.78 is 8.32. The Morgan fingerprint density at radius 3 is 2.36 bits per heavy atom. The Kier molecular flexibility index (Phi) is 7.42. The maximum absolute atomic E-state index is 12.1. The van der Waals surface area contributed by atoms with Crippen LogP contribution in [0.4, 0.5) is 0 Å². The molecule has 142 valence electrons. The number of rotatable bonds is 6. The average molecular weight is 567 g/mol. The number of hydrogen-bond acceptors (Lipinski definition) is 3. The first-order valence-corrected chi connectivity index (χ1v) is 10.7. The monoisotopic (exact) mass is 564 g/mol. The predicted octanol–water partition coefficient (Wildman–Crippen LogP) is 6.32. The van der Waals surface area contributed by atoms with E-state index in [1.807, 2.05) is 48.5 Å². The van der Waals surface area contributed by atoms with E-state index in [4.69, 9.17) is 4.74 Å². The molecular weight excluding hydrogens is 552 g/mol. The molecule has 0 spiro atoms. The fourth-order valence-corrected chi connectivity index (χ4v) is 4.23. The SMILES string of the molecule is O=C(N/N=C\c1cc(Br)c(OCc2ccccc2)c(Br)c1)c1cccc(Br)c1. The summed E-state index contributed by atoms with van der Waals surface area (Å²) in [7, 11) is 0. The van der Waals surface area contributed by atoms with E-state index in [1.54, 1.807) is 24.4 Å². The largest absolute Gasteiger partial charge is 0.487 e. The second kappa shape index (κ2) is 10.0. The molecule has 0 radical (unpaired) electrons. The van der Waals surface area contributed by atoms with Gasteiger partial charge in [0.2, 0.25) is 0 Å². The number of amides is 1. The van der Waals surface area contributed by atoms with Gasteiger partial charge in [0.1, 0.15) is 12.4 Å². The molecule has 7 heteroatoms. The van der Waals surface area contributed by atoms with E-state index in [0.717, 1.165) is 24.5 Å². The summed E-state index contributed by atoms with van der Waals surface area (Å²) in [6, 6.07) is 20.8. The Labute approximate surface area is 188 Å². The Bertz CT molecular complexity index is 985. The minimum atomic E-state index is -0.279. The molecular formula is C21H15Br3N2O2. The number of hydrazone groups is 1. The molecule has 1 N–H and O–H groups in total. The van der Waals surface area contributed by atoms with E-state index >= 15 is 0 Å². The Morgan fingerprint density at radius 1 is 0.964 bits per heavy atom. The molecule has 3 rings (SSSR count). The molecule has 0 bridgehead atoms. The van der Waals surface area contributed by atoms with Crippen molar-refractivity contribution in [2.75, 3.05) is 0 Å². The van der Waals surface area contributed by atoms with Gasteiger partial charge in [0, 0.05) is 10.0 Å². The molecule has 0 aromatic heterocycles. The van der Waals surface area contributed by atoms with Crippen LogP contribution in [0.5, 0.6) is 5.75 Å². The van der Waals surface area contributed by atoms with E-state index in [-0.39, 0.29) is 5.91 Å². The number of carbonyl (C=O) groups excluding carboxylic acids is 1. The van der Waals surface area contributed by atoms with Crippen LogP contribution in [0, 0.1) is 0 Å². The fraction of sp³-hybridized carbons (Fsp3) is 0.0476. The summed E-state index contributed by atoms with van der Waals surface area (Å²) in [5, 5.41) is 4.03. The van der Waals surface area contributed by atoms with Crippen LogP contribution in [0.2, 0.25) is 0 Å². The van der Waals surface area contributed by atoms with Gasteiger partial charge in [0.15, 0.2) is 0 Å². The molecule has 0 aliphatic rings. The topological polar surface area (TPSA) is 50.7 Å². The molecule has 1 amide bonds. The maximum atomic E-state index is 12.1. The standard InChI is InChI=1S/C21H15Br3N2O2/c22-17-8-4-7-16(11-17)21(27)26-25-12-15-9-18(23)20(19(24)10-15)28-13-14-5-2-1-3-6-14/h1-12H,13H2,(H,26,27)/b25-12-. The zero-order chi connectivity index (χ0) is 19.9. The average Bonchev–Trinajstić information content (AvgIpc) is 2.68. The molecule has 4 nitrogen and oxygen atoms in total. The maximum Gasteiger partial charge on any atom is 0.271 e. The van der Waals surface area contributed by atoms with Crippen molar-refractivity contribution in [3.05, 3.63) is 96.8 Å². The summed E-state index contributed by atoms with van der Waals surface area (Å²) in [6.07, 6.45) is 1.58. The third-order valence-corrected chi connectivity index (χ3v) is 5.38. The quantitative estimate of drug-likeness (QED) is 0.280. The lowest BCUT2D eigenvalue weighted by Crippen LogP contribution is -2.17. The Balaban J connectivity index is 1.65. The van der Waals surface area contributed by atoms with Gasteiger partial charge in [-0.05, 0) is 73.3 Å². The lowest BCUT2D eigenvalue weighted by Gasteiger charge is -2.11. The van der Waals surface area contributed by atoms with Crippen molar-refractivity contribution in [1.29, 1.82) is 0 Å². The summed E-state index contributed by atoms with van der Waals surface area (Å²) in [5.74, 6) is 0.428. The van der Waals surface area contributed by atoms with Gasteiger partial charge < -0.3 is 4.74 Å². The van der Waals surface area contributed by atoms with Crippen LogP contribution in [0.3, 0.4) is 0 Å². The van der Waals surface area contributed by atoms with E-state index in [9.17, 15) is 4.79 Å². The van der Waals surface area contributed by atoms with Crippen molar-refractivity contribution >= 4 is 59.9 Å². The molecule has 0 aliphatic heterocycles. The summed E-state index contributed by atoms with van der Waals surface area (Å²) in [5.41, 5.74) is 4.94. The van der Waals surface area contributed by atoms with Gasteiger partial charge >= 0.3 is 0 Å². The fourth-order valence-electron chi connectivity index (χ4n) is 2.38. The van der Waals surface area contributed by atoms with Gasteiger partial charge in [-0.1, -0.05) is 52.3 Å². The van der Waals surface area contributed by atoms with Gasteiger partial charge in [0.25, 0.3) is 5.91 Å². The zero-order valence-corrected chi connectivity index (χ0v) is 19.3. The highest BCUT2D eigenvalue weighted by Gasteiger charge is 2.09. The third kappa shape index (κ3) is 5.77. The second-order valence-corrected chi connectivity index (χ2v) is 8.42. The van der Waals surface area contributed by atoms with Crippen LogP contribution < -0.4 is 10.2 Å². The smallest absolute Gasteiger partial charge is 0.271 e. The first-order chi connectivity index (χ1) is 13.5. The summed E-state index contributed by atoms with van der Waals surface area (Å²) >= 11 is 10.4. The third-order valence-electron chi connectivity index (χ3n) is 3.71. The highest BCUT2D eigenvalue weighted by atomic mass is 79.9. The minimum Gasteiger partial charge on any atom is -0.487 e. The number of carbonyl (C=O) groups is 1. The van der Waals surface area contributed by atoms with Gasteiger partial charge in [-0.25, -0.2) is 5.43 Å². The first kappa shape index (κ1) is 20.8. The normalized spacial score (nSPS) is 10.8. The molecule has 0 unspecified atom stereocenters. The molecule has 0 fully saturated rings. The van der Waals surface area contributed by atoms with Crippen molar-refractivity contribution in [3.63, 3.8) is 0 Å². The summed E-state index contributed by atoms with van der Waals surface area (Å²) in [4.78, 5) is 12.1.